The van der Waals surface area contributed by atoms with Crippen molar-refractivity contribution in [1.29, 1.82) is 0 Å². The maximum Gasteiger partial charge on any atom is 0.238 e. The quantitative estimate of drug-likeness (QED) is 0.697. The summed E-state index contributed by atoms with van der Waals surface area (Å²) in [6.07, 6.45) is 3.16. The number of amides is 1. The Morgan fingerprint density at radius 2 is 1.96 bits per heavy atom. The number of hydrogen-bond acceptors (Lipinski definition) is 5. The summed E-state index contributed by atoms with van der Waals surface area (Å²) in [6, 6.07) is 15.5. The number of para-hydroxylation sites is 2. The first-order chi connectivity index (χ1) is 13.1. The number of ether oxygens (including phenoxy) is 1. The highest BCUT2D eigenvalue weighted by Crippen LogP contribution is 2.24. The van der Waals surface area contributed by atoms with Crippen molar-refractivity contribution in [1.82, 2.24) is 19.7 Å². The second-order valence-electron chi connectivity index (χ2n) is 6.27. The zero-order valence-electron chi connectivity index (χ0n) is 15.7. The van der Waals surface area contributed by atoms with E-state index >= 15 is 0 Å². The van der Waals surface area contributed by atoms with E-state index in [4.69, 9.17) is 4.74 Å². The van der Waals surface area contributed by atoms with Gasteiger partial charge in [-0.25, -0.2) is 9.67 Å². The average molecular weight is 365 g/mol. The minimum Gasteiger partial charge on any atom is -0.495 e. The van der Waals surface area contributed by atoms with E-state index in [9.17, 15) is 4.79 Å². The van der Waals surface area contributed by atoms with E-state index < -0.39 is 0 Å². The van der Waals surface area contributed by atoms with Crippen LogP contribution in [0.15, 0.2) is 61.2 Å². The van der Waals surface area contributed by atoms with Crippen LogP contribution in [0, 0.1) is 0 Å². The normalized spacial score (nSPS) is 12.0. The number of carbonyl (C=O) groups is 1. The summed E-state index contributed by atoms with van der Waals surface area (Å²) in [5.41, 5.74) is 2.73. The van der Waals surface area contributed by atoms with Crippen LogP contribution in [0.2, 0.25) is 0 Å². The fourth-order valence-corrected chi connectivity index (χ4v) is 2.80. The van der Waals surface area contributed by atoms with Crippen LogP contribution in [0.25, 0.3) is 5.69 Å². The van der Waals surface area contributed by atoms with E-state index in [0.29, 0.717) is 11.4 Å². The molecule has 0 radical (unpaired) electrons. The molecule has 0 fully saturated rings. The molecular weight excluding hydrogens is 342 g/mol. The van der Waals surface area contributed by atoms with E-state index in [2.05, 4.69) is 22.3 Å². The van der Waals surface area contributed by atoms with Gasteiger partial charge in [-0.3, -0.25) is 9.69 Å². The first-order valence-corrected chi connectivity index (χ1v) is 8.66. The van der Waals surface area contributed by atoms with E-state index in [-0.39, 0.29) is 18.5 Å². The fourth-order valence-electron chi connectivity index (χ4n) is 2.80. The van der Waals surface area contributed by atoms with Gasteiger partial charge in [0, 0.05) is 6.04 Å². The zero-order valence-corrected chi connectivity index (χ0v) is 15.7. The highest BCUT2D eigenvalue weighted by Gasteiger charge is 2.16. The number of hydrogen-bond donors (Lipinski definition) is 1. The molecule has 0 aliphatic heterocycles. The molecule has 1 N–H and O–H groups in total. The van der Waals surface area contributed by atoms with Gasteiger partial charge in [0.05, 0.1) is 25.0 Å². The van der Waals surface area contributed by atoms with Crippen molar-refractivity contribution in [3.05, 3.63) is 66.7 Å². The number of carbonyl (C=O) groups excluding carboxylic acids is 1. The predicted octanol–water partition coefficient (Wildman–Crippen LogP) is 2.91. The van der Waals surface area contributed by atoms with Gasteiger partial charge in [-0.2, -0.15) is 5.10 Å². The van der Waals surface area contributed by atoms with Crippen LogP contribution in [-0.4, -0.2) is 46.3 Å². The third-order valence-corrected chi connectivity index (χ3v) is 4.49. The van der Waals surface area contributed by atoms with Crippen LogP contribution >= 0.6 is 0 Å². The molecule has 3 rings (SSSR count). The molecule has 27 heavy (non-hydrogen) atoms. The molecule has 7 nitrogen and oxygen atoms in total. The molecule has 0 aliphatic carbocycles. The standard InChI is InChI=1S/C20H23N5O2/c1-15(16-8-10-17(11-9-16)25-14-21-13-22-25)24(2)12-20(26)23-18-6-4-5-7-19(18)27-3/h4-11,13-15H,12H2,1-3H3,(H,23,26)/t15-/m0/s1. The summed E-state index contributed by atoms with van der Waals surface area (Å²) in [5, 5.41) is 7.02. The Bertz CT molecular complexity index is 878. The third-order valence-electron chi connectivity index (χ3n) is 4.49. The SMILES string of the molecule is COc1ccccc1NC(=O)CN(C)[C@@H](C)c1ccc(-n2cncn2)cc1. The number of methoxy groups -OCH3 is 1. The smallest absolute Gasteiger partial charge is 0.238 e. The molecule has 0 bridgehead atoms. The number of benzene rings is 2. The summed E-state index contributed by atoms with van der Waals surface area (Å²) in [6.45, 7) is 2.34. The van der Waals surface area contributed by atoms with Crippen LogP contribution in [0.5, 0.6) is 5.75 Å². The van der Waals surface area contributed by atoms with E-state index in [0.717, 1.165) is 11.3 Å². The largest absolute Gasteiger partial charge is 0.495 e. The van der Waals surface area contributed by atoms with Crippen LogP contribution < -0.4 is 10.1 Å². The van der Waals surface area contributed by atoms with Crippen molar-refractivity contribution in [2.24, 2.45) is 0 Å². The van der Waals surface area contributed by atoms with Gasteiger partial charge < -0.3 is 10.1 Å². The second-order valence-corrected chi connectivity index (χ2v) is 6.27. The lowest BCUT2D eigenvalue weighted by Gasteiger charge is -2.24. The summed E-state index contributed by atoms with van der Waals surface area (Å²) in [7, 11) is 3.51. The number of nitrogens with one attached hydrogen (secondary N) is 1. The second kappa shape index (κ2) is 8.46. The summed E-state index contributed by atoms with van der Waals surface area (Å²) in [5.74, 6) is 0.554. The molecular formula is C20H23N5O2. The average Bonchev–Trinajstić information content (AvgIpc) is 3.22. The number of likely N-dealkylation sites (N-methyl/N-ethyl adjacent to an activating group) is 1. The van der Waals surface area contributed by atoms with Gasteiger partial charge in [-0.1, -0.05) is 24.3 Å². The molecule has 0 spiro atoms. The van der Waals surface area contributed by atoms with Crippen LogP contribution in [0.4, 0.5) is 5.69 Å². The lowest BCUT2D eigenvalue weighted by Crippen LogP contribution is -2.32. The minimum atomic E-state index is -0.0897. The molecule has 0 unspecified atom stereocenters. The maximum absolute atomic E-state index is 12.4. The lowest BCUT2D eigenvalue weighted by molar-refractivity contribution is -0.117. The van der Waals surface area contributed by atoms with E-state index in [1.165, 1.54) is 6.33 Å². The van der Waals surface area contributed by atoms with E-state index in [1.807, 2.05) is 60.5 Å². The van der Waals surface area contributed by atoms with Gasteiger partial charge in [0.15, 0.2) is 0 Å². The number of rotatable bonds is 7. The molecule has 1 atom stereocenters. The molecule has 140 valence electrons. The van der Waals surface area contributed by atoms with Crippen LogP contribution in [-0.2, 0) is 4.79 Å². The van der Waals surface area contributed by atoms with Gasteiger partial charge in [0.2, 0.25) is 5.91 Å². The van der Waals surface area contributed by atoms with Gasteiger partial charge in [-0.05, 0) is 43.8 Å². The predicted molar refractivity (Wildman–Crippen MR) is 104 cm³/mol. The molecule has 1 heterocycles. The monoisotopic (exact) mass is 365 g/mol. The molecule has 2 aromatic carbocycles. The number of nitrogens with zero attached hydrogens (tertiary/aromatic N) is 4. The Morgan fingerprint density at radius 1 is 1.22 bits per heavy atom. The molecule has 3 aromatic rings. The van der Waals surface area contributed by atoms with Gasteiger partial charge in [0.25, 0.3) is 0 Å². The van der Waals surface area contributed by atoms with Gasteiger partial charge in [-0.15, -0.1) is 0 Å². The number of aromatic nitrogens is 3. The molecule has 1 aromatic heterocycles. The Labute approximate surface area is 158 Å². The Morgan fingerprint density at radius 3 is 2.63 bits per heavy atom. The molecule has 7 heteroatoms. The first kappa shape index (κ1) is 18.6. The van der Waals surface area contributed by atoms with E-state index in [1.54, 1.807) is 18.1 Å². The zero-order chi connectivity index (χ0) is 19.2. The van der Waals surface area contributed by atoms with Crippen LogP contribution in [0.1, 0.15) is 18.5 Å². The van der Waals surface area contributed by atoms with Crippen molar-refractivity contribution < 1.29 is 9.53 Å². The lowest BCUT2D eigenvalue weighted by atomic mass is 10.1. The summed E-state index contributed by atoms with van der Waals surface area (Å²) < 4.78 is 6.98. The highest BCUT2D eigenvalue weighted by molar-refractivity contribution is 5.93. The minimum absolute atomic E-state index is 0.0817. The topological polar surface area (TPSA) is 72.3 Å². The maximum atomic E-state index is 12.4. The summed E-state index contributed by atoms with van der Waals surface area (Å²) >= 11 is 0. The third kappa shape index (κ3) is 4.51. The van der Waals surface area contributed by atoms with Crippen molar-refractivity contribution in [3.63, 3.8) is 0 Å². The van der Waals surface area contributed by atoms with Gasteiger partial charge >= 0.3 is 0 Å². The van der Waals surface area contributed by atoms with Crippen molar-refractivity contribution in [2.45, 2.75) is 13.0 Å². The number of anilines is 1. The molecule has 0 saturated heterocycles. The highest BCUT2D eigenvalue weighted by atomic mass is 16.5. The Kier molecular flexibility index (Phi) is 5.83. The summed E-state index contributed by atoms with van der Waals surface area (Å²) in [4.78, 5) is 18.4. The Balaban J connectivity index is 1.61. The molecule has 0 aliphatic rings. The van der Waals surface area contributed by atoms with Gasteiger partial charge in [0.1, 0.15) is 18.4 Å². The van der Waals surface area contributed by atoms with Crippen molar-refractivity contribution in [2.75, 3.05) is 26.0 Å². The fraction of sp³-hybridized carbons (Fsp3) is 0.250. The Hall–Kier alpha value is -3.19. The first-order valence-electron chi connectivity index (χ1n) is 8.66. The molecule has 0 saturated carbocycles. The molecule has 1 amide bonds. The van der Waals surface area contributed by atoms with Crippen molar-refractivity contribution in [3.8, 4) is 11.4 Å². The van der Waals surface area contributed by atoms with Crippen molar-refractivity contribution >= 4 is 11.6 Å². The van der Waals surface area contributed by atoms with Crippen LogP contribution in [0.3, 0.4) is 0 Å².